The number of fused-ring (bicyclic) bond motifs is 6. The molecule has 0 saturated carbocycles. The highest BCUT2D eigenvalue weighted by atomic mass is 19.1. The lowest BCUT2D eigenvalue weighted by molar-refractivity contribution is 0.0594. The van der Waals surface area contributed by atoms with E-state index in [1.807, 2.05) is 0 Å². The Morgan fingerprint density at radius 3 is 1.30 bits per heavy atom. The lowest BCUT2D eigenvalue weighted by Gasteiger charge is -2.18. The van der Waals surface area contributed by atoms with E-state index in [-0.39, 0.29) is 43.4 Å². The smallest absolute Gasteiger partial charge is 0.338 e. The van der Waals surface area contributed by atoms with Crippen LogP contribution < -0.4 is 0 Å². The molecule has 0 aromatic heterocycles. The van der Waals surface area contributed by atoms with Gasteiger partial charge in [0.25, 0.3) is 0 Å². The van der Waals surface area contributed by atoms with E-state index in [4.69, 9.17) is 9.47 Å². The summed E-state index contributed by atoms with van der Waals surface area (Å²) in [5.74, 6) is -4.63. The van der Waals surface area contributed by atoms with Crippen molar-refractivity contribution >= 4 is 55.0 Å². The Bertz CT molecular complexity index is 1920. The third kappa shape index (κ3) is 3.75. The minimum atomic E-state index is -0.863. The zero-order valence-corrected chi connectivity index (χ0v) is 21.1. The maximum Gasteiger partial charge on any atom is 0.338 e. The second-order valence-corrected chi connectivity index (χ2v) is 9.25. The van der Waals surface area contributed by atoms with Crippen molar-refractivity contribution in [2.24, 2.45) is 0 Å². The average molecular weight is 542 g/mol. The molecule has 6 rings (SSSR count). The van der Waals surface area contributed by atoms with Crippen LogP contribution in [0.2, 0.25) is 0 Å². The van der Waals surface area contributed by atoms with Crippen LogP contribution in [0.1, 0.15) is 20.7 Å². The minimum absolute atomic E-state index is 0.0385. The van der Waals surface area contributed by atoms with Gasteiger partial charge in [-0.05, 0) is 56.9 Å². The van der Waals surface area contributed by atoms with Crippen molar-refractivity contribution in [3.63, 3.8) is 0 Å². The molecule has 0 aliphatic rings. The summed E-state index contributed by atoms with van der Waals surface area (Å²) in [6.07, 6.45) is 0. The van der Waals surface area contributed by atoms with Crippen LogP contribution >= 0.6 is 0 Å². The number of carbonyl (C=O) groups is 2. The van der Waals surface area contributed by atoms with Gasteiger partial charge >= 0.3 is 11.9 Å². The lowest BCUT2D eigenvalue weighted by atomic mass is 9.86. The molecule has 0 atom stereocenters. The predicted octanol–water partition coefficient (Wildman–Crippen LogP) is 8.10. The normalized spacial score (nSPS) is 11.4. The van der Waals surface area contributed by atoms with E-state index in [0.29, 0.717) is 21.9 Å². The molecule has 0 aliphatic carbocycles. The summed E-state index contributed by atoms with van der Waals surface area (Å²) >= 11 is 0. The van der Waals surface area contributed by atoms with E-state index < -0.39 is 35.2 Å². The first kappa shape index (κ1) is 25.3. The summed E-state index contributed by atoms with van der Waals surface area (Å²) in [6.45, 7) is 0. The van der Waals surface area contributed by atoms with E-state index in [1.165, 1.54) is 50.6 Å². The largest absolute Gasteiger partial charge is 0.465 e. The predicted molar refractivity (Wildman–Crippen MR) is 144 cm³/mol. The topological polar surface area (TPSA) is 52.6 Å². The molecule has 0 amide bonds. The van der Waals surface area contributed by atoms with Gasteiger partial charge in [-0.3, -0.25) is 0 Å². The molecule has 0 spiro atoms. The number of halogens is 4. The van der Waals surface area contributed by atoms with Crippen LogP contribution in [0.15, 0.2) is 72.8 Å². The number of hydrogen-bond donors (Lipinski definition) is 0. The van der Waals surface area contributed by atoms with Gasteiger partial charge in [0.1, 0.15) is 23.3 Å². The van der Waals surface area contributed by atoms with Gasteiger partial charge in [0.2, 0.25) is 0 Å². The molecule has 198 valence electrons. The van der Waals surface area contributed by atoms with Gasteiger partial charge in [0.05, 0.1) is 25.3 Å². The number of hydrogen-bond acceptors (Lipinski definition) is 4. The van der Waals surface area contributed by atoms with E-state index >= 15 is 8.78 Å². The van der Waals surface area contributed by atoms with Gasteiger partial charge in [-0.1, -0.05) is 36.4 Å². The van der Waals surface area contributed by atoms with Crippen LogP contribution in [0, 0.1) is 23.3 Å². The molecule has 0 unspecified atom stereocenters. The van der Waals surface area contributed by atoms with Crippen LogP contribution in [-0.4, -0.2) is 26.2 Å². The first-order valence-corrected chi connectivity index (χ1v) is 12.1. The summed E-state index contributed by atoms with van der Waals surface area (Å²) in [7, 11) is 2.43. The summed E-state index contributed by atoms with van der Waals surface area (Å²) in [5.41, 5.74) is 1.02. The molecule has 8 heteroatoms. The summed E-state index contributed by atoms with van der Waals surface area (Å²) in [5, 5.41) is 1.70. The highest BCUT2D eigenvalue weighted by Gasteiger charge is 2.23. The van der Waals surface area contributed by atoms with E-state index in [1.54, 1.807) is 24.3 Å². The van der Waals surface area contributed by atoms with Crippen LogP contribution in [0.5, 0.6) is 0 Å². The fourth-order valence-electron chi connectivity index (χ4n) is 5.47. The van der Waals surface area contributed by atoms with Crippen molar-refractivity contribution in [3.8, 4) is 11.1 Å². The number of ether oxygens (including phenoxy) is 2. The van der Waals surface area contributed by atoms with Crippen molar-refractivity contribution in [2.75, 3.05) is 14.2 Å². The molecule has 0 fully saturated rings. The van der Waals surface area contributed by atoms with E-state index in [9.17, 15) is 18.4 Å². The van der Waals surface area contributed by atoms with Crippen LogP contribution in [0.4, 0.5) is 17.6 Å². The zero-order chi connectivity index (χ0) is 28.3. The molecular weight excluding hydrogens is 524 g/mol. The highest BCUT2D eigenvalue weighted by Crippen LogP contribution is 2.43. The molecule has 6 aromatic rings. The van der Waals surface area contributed by atoms with Crippen molar-refractivity contribution in [2.45, 2.75) is 0 Å². The molecule has 0 N–H and O–H groups in total. The molecule has 0 bridgehead atoms. The third-order valence-electron chi connectivity index (χ3n) is 7.12. The monoisotopic (exact) mass is 542 g/mol. The summed E-state index contributed by atoms with van der Waals surface area (Å²) in [6, 6.07) is 16.1. The molecule has 0 aliphatic heterocycles. The van der Waals surface area contributed by atoms with Gasteiger partial charge in [0, 0.05) is 33.7 Å². The average Bonchev–Trinajstić information content (AvgIpc) is 2.94. The van der Waals surface area contributed by atoms with Crippen molar-refractivity contribution in [3.05, 3.63) is 107 Å². The summed E-state index contributed by atoms with van der Waals surface area (Å²) < 4.78 is 69.1. The molecule has 0 heterocycles. The van der Waals surface area contributed by atoms with Crippen LogP contribution in [0.3, 0.4) is 0 Å². The molecule has 4 nitrogen and oxygen atoms in total. The van der Waals surface area contributed by atoms with Crippen molar-refractivity contribution in [1.29, 1.82) is 0 Å². The fourth-order valence-corrected chi connectivity index (χ4v) is 5.47. The van der Waals surface area contributed by atoms with Crippen LogP contribution in [-0.2, 0) is 9.47 Å². The Morgan fingerprint density at radius 2 is 0.925 bits per heavy atom. The Kier molecular flexibility index (Phi) is 5.91. The van der Waals surface area contributed by atoms with E-state index in [2.05, 4.69) is 0 Å². The Labute approximate surface area is 224 Å². The van der Waals surface area contributed by atoms with Crippen molar-refractivity contribution in [1.82, 2.24) is 0 Å². The second-order valence-electron chi connectivity index (χ2n) is 9.25. The minimum Gasteiger partial charge on any atom is -0.465 e. The maximum atomic E-state index is 15.5. The Morgan fingerprint density at radius 1 is 0.525 bits per heavy atom. The van der Waals surface area contributed by atoms with Gasteiger partial charge in [-0.2, -0.15) is 0 Å². The van der Waals surface area contributed by atoms with Gasteiger partial charge < -0.3 is 9.47 Å². The number of carbonyl (C=O) groups excluding carboxylic acids is 2. The summed E-state index contributed by atoms with van der Waals surface area (Å²) in [4.78, 5) is 25.3. The molecule has 0 saturated heterocycles. The number of methoxy groups -OCH3 is 2. The third-order valence-corrected chi connectivity index (χ3v) is 7.12. The van der Waals surface area contributed by atoms with E-state index in [0.717, 1.165) is 12.1 Å². The molecule has 40 heavy (non-hydrogen) atoms. The molecule has 0 radical (unpaired) electrons. The standard InChI is InChI=1S/C32H18F4O4/c1-39-31(37)23-9-7-19(29-21(23)5-3-15-11-17(33)13-25(35)27(15)29)20-8-10-24(32(38)40-2)22-6-4-16-12-18(34)14-26(36)28(16)30(20)22/h3-14H,1-2H3. The van der Waals surface area contributed by atoms with Crippen LogP contribution in [0.25, 0.3) is 54.2 Å². The SMILES string of the molecule is COC(=O)c1ccc(-c2ccc(C(=O)OC)c3ccc4cc(F)cc(F)c4c23)c2c1ccc1cc(F)cc(F)c12. The Hall–Kier alpha value is -4.98. The number of rotatable bonds is 3. The number of esters is 2. The second kappa shape index (κ2) is 9.34. The fraction of sp³-hybridized carbons (Fsp3) is 0.0625. The van der Waals surface area contributed by atoms with Crippen molar-refractivity contribution < 1.29 is 36.6 Å². The number of benzene rings is 6. The highest BCUT2D eigenvalue weighted by molar-refractivity contribution is 6.25. The molecular formula is C32H18F4O4. The Balaban J connectivity index is 1.87. The first-order valence-electron chi connectivity index (χ1n) is 12.1. The lowest BCUT2D eigenvalue weighted by Crippen LogP contribution is -2.04. The first-order chi connectivity index (χ1) is 19.2. The maximum absolute atomic E-state index is 15.5. The quantitative estimate of drug-likeness (QED) is 0.129. The van der Waals surface area contributed by atoms with Gasteiger partial charge in [-0.25, -0.2) is 27.2 Å². The zero-order valence-electron chi connectivity index (χ0n) is 21.1. The van der Waals surface area contributed by atoms with Gasteiger partial charge in [-0.15, -0.1) is 0 Å². The molecule has 6 aromatic carbocycles. The van der Waals surface area contributed by atoms with Gasteiger partial charge in [0.15, 0.2) is 0 Å².